The number of thiophene rings is 1. The van der Waals surface area contributed by atoms with Crippen LogP contribution in [0.4, 0.5) is 0 Å². The van der Waals surface area contributed by atoms with Gasteiger partial charge in [-0.2, -0.15) is 4.31 Å². The molecular formula is C13H22N2O2S2. The molecule has 1 aromatic rings. The summed E-state index contributed by atoms with van der Waals surface area (Å²) in [6, 6.07) is 3.59. The highest BCUT2D eigenvalue weighted by Crippen LogP contribution is 2.25. The summed E-state index contributed by atoms with van der Waals surface area (Å²) in [5.74, 6) is 0. The number of hydrogen-bond donors (Lipinski definition) is 1. The van der Waals surface area contributed by atoms with Gasteiger partial charge in [-0.15, -0.1) is 11.3 Å². The van der Waals surface area contributed by atoms with Gasteiger partial charge in [0, 0.05) is 18.0 Å². The van der Waals surface area contributed by atoms with Crippen molar-refractivity contribution in [3.8, 4) is 0 Å². The van der Waals surface area contributed by atoms with Gasteiger partial charge in [-0.25, -0.2) is 8.42 Å². The summed E-state index contributed by atoms with van der Waals surface area (Å²) in [6.45, 7) is 9.15. The first-order valence-electron chi connectivity index (χ1n) is 6.29. The number of likely N-dealkylation sites (N-methyl/N-ethyl adjacent to an activating group) is 2. The molecule has 1 aromatic heterocycles. The maximum absolute atomic E-state index is 12.5. The van der Waals surface area contributed by atoms with Crippen molar-refractivity contribution in [2.45, 2.75) is 24.5 Å². The minimum absolute atomic E-state index is 0.378. The van der Waals surface area contributed by atoms with E-state index in [0.717, 1.165) is 23.4 Å². The average Bonchev–Trinajstić information content (AvgIpc) is 2.82. The maximum atomic E-state index is 12.5. The topological polar surface area (TPSA) is 49.4 Å². The van der Waals surface area contributed by atoms with E-state index in [1.807, 2.05) is 27.0 Å². The zero-order valence-electron chi connectivity index (χ0n) is 11.8. The van der Waals surface area contributed by atoms with Crippen LogP contribution in [-0.4, -0.2) is 39.4 Å². The number of nitrogens with zero attached hydrogens (tertiary/aromatic N) is 1. The summed E-state index contributed by atoms with van der Waals surface area (Å²) in [5, 5.41) is 3.06. The molecule has 0 saturated carbocycles. The second kappa shape index (κ2) is 7.19. The van der Waals surface area contributed by atoms with Crippen LogP contribution in [0.3, 0.4) is 0 Å². The van der Waals surface area contributed by atoms with Crippen LogP contribution in [0.15, 0.2) is 28.5 Å². The summed E-state index contributed by atoms with van der Waals surface area (Å²) >= 11 is 1.35. The molecule has 0 bridgehead atoms. The fourth-order valence-electron chi connectivity index (χ4n) is 1.67. The third-order valence-corrected chi connectivity index (χ3v) is 6.18. The number of rotatable bonds is 8. The Morgan fingerprint density at radius 3 is 2.68 bits per heavy atom. The minimum Gasteiger partial charge on any atom is -0.319 e. The van der Waals surface area contributed by atoms with E-state index in [-0.39, 0.29) is 0 Å². The average molecular weight is 302 g/mol. The molecule has 1 rings (SSSR count). The second-order valence-corrected chi connectivity index (χ2v) is 7.80. The van der Waals surface area contributed by atoms with Crippen LogP contribution in [0.1, 0.15) is 18.7 Å². The quantitative estimate of drug-likeness (QED) is 0.748. The first kappa shape index (κ1) is 16.4. The van der Waals surface area contributed by atoms with E-state index >= 15 is 0 Å². The van der Waals surface area contributed by atoms with Crippen LogP contribution >= 0.6 is 11.3 Å². The van der Waals surface area contributed by atoms with Crippen molar-refractivity contribution in [1.29, 1.82) is 0 Å². The summed E-state index contributed by atoms with van der Waals surface area (Å²) in [5.41, 5.74) is 0.845. The van der Waals surface area contributed by atoms with Crippen LogP contribution < -0.4 is 5.32 Å². The molecule has 19 heavy (non-hydrogen) atoms. The smallest absolute Gasteiger partial charge is 0.252 e. The highest BCUT2D eigenvalue weighted by Gasteiger charge is 2.24. The largest absolute Gasteiger partial charge is 0.319 e. The van der Waals surface area contributed by atoms with Crippen molar-refractivity contribution in [1.82, 2.24) is 9.62 Å². The second-order valence-electron chi connectivity index (χ2n) is 4.46. The van der Waals surface area contributed by atoms with Gasteiger partial charge in [0.25, 0.3) is 10.0 Å². The lowest BCUT2D eigenvalue weighted by Crippen LogP contribution is -2.31. The molecule has 0 aliphatic heterocycles. The molecule has 0 saturated heterocycles. The predicted molar refractivity (Wildman–Crippen MR) is 81.2 cm³/mol. The Hall–Kier alpha value is -0.690. The van der Waals surface area contributed by atoms with E-state index in [1.165, 1.54) is 15.6 Å². The van der Waals surface area contributed by atoms with Crippen molar-refractivity contribution >= 4 is 21.4 Å². The van der Waals surface area contributed by atoms with Crippen LogP contribution in [-0.2, 0) is 16.4 Å². The molecular weight excluding hydrogens is 280 g/mol. The van der Waals surface area contributed by atoms with E-state index < -0.39 is 10.0 Å². The third kappa shape index (κ3) is 4.42. The highest BCUT2D eigenvalue weighted by atomic mass is 32.2. The Morgan fingerprint density at radius 2 is 2.16 bits per heavy atom. The molecule has 6 heteroatoms. The van der Waals surface area contributed by atoms with Crippen molar-refractivity contribution < 1.29 is 8.42 Å². The summed E-state index contributed by atoms with van der Waals surface area (Å²) in [7, 11) is -1.49. The number of sulfonamides is 1. The fourth-order valence-corrected chi connectivity index (χ4v) is 4.69. The normalized spacial score (nSPS) is 12.0. The molecule has 0 aromatic carbocycles. The van der Waals surface area contributed by atoms with Gasteiger partial charge >= 0.3 is 0 Å². The Bertz CT molecular complexity index is 521. The third-order valence-electron chi connectivity index (χ3n) is 2.65. The van der Waals surface area contributed by atoms with Gasteiger partial charge in [0.15, 0.2) is 0 Å². The molecule has 0 spiro atoms. The molecule has 0 aliphatic rings. The molecule has 0 atom stereocenters. The monoisotopic (exact) mass is 302 g/mol. The van der Waals surface area contributed by atoms with Gasteiger partial charge < -0.3 is 5.32 Å². The van der Waals surface area contributed by atoms with Crippen LogP contribution in [0.25, 0.3) is 0 Å². The summed E-state index contributed by atoms with van der Waals surface area (Å²) in [4.78, 5) is 1.08. The molecule has 1 heterocycles. The van der Waals surface area contributed by atoms with Crippen molar-refractivity contribution in [3.05, 3.63) is 29.2 Å². The maximum Gasteiger partial charge on any atom is 0.252 e. The highest BCUT2D eigenvalue weighted by molar-refractivity contribution is 7.91. The first-order valence-corrected chi connectivity index (χ1v) is 8.55. The molecule has 0 fully saturated rings. The van der Waals surface area contributed by atoms with E-state index in [9.17, 15) is 8.42 Å². The Kier molecular flexibility index (Phi) is 6.19. The van der Waals surface area contributed by atoms with E-state index in [2.05, 4.69) is 11.9 Å². The number of hydrogen-bond acceptors (Lipinski definition) is 4. The molecule has 108 valence electrons. The lowest BCUT2D eigenvalue weighted by atomic mass is 10.3. The predicted octanol–water partition coefficient (Wildman–Crippen LogP) is 2.10. The molecule has 0 radical (unpaired) electrons. The summed E-state index contributed by atoms with van der Waals surface area (Å²) < 4.78 is 26.8. The van der Waals surface area contributed by atoms with Gasteiger partial charge in [-0.1, -0.05) is 19.1 Å². The zero-order chi connectivity index (χ0) is 14.5. The lowest BCUT2D eigenvalue weighted by molar-refractivity contribution is 0.454. The minimum atomic E-state index is -3.38. The van der Waals surface area contributed by atoms with E-state index in [4.69, 9.17) is 0 Å². The Morgan fingerprint density at radius 1 is 1.47 bits per heavy atom. The van der Waals surface area contributed by atoms with Crippen molar-refractivity contribution in [2.75, 3.05) is 26.7 Å². The SMILES string of the molecule is C=C(C)CN(CC)S(=O)(=O)c1ccc(CCNC)s1. The Balaban J connectivity index is 2.92. The van der Waals surface area contributed by atoms with Crippen LogP contribution in [0.5, 0.6) is 0 Å². The molecule has 4 nitrogen and oxygen atoms in total. The summed E-state index contributed by atoms with van der Waals surface area (Å²) in [6.07, 6.45) is 0.850. The standard InChI is InChI=1S/C13H22N2O2S2/c1-5-15(10-11(2)3)19(16,17)13-7-6-12(18-13)8-9-14-4/h6-7,14H,2,5,8-10H2,1,3-4H3. The van der Waals surface area contributed by atoms with Crippen LogP contribution in [0.2, 0.25) is 0 Å². The molecule has 1 N–H and O–H groups in total. The van der Waals surface area contributed by atoms with Gasteiger partial charge in [0.05, 0.1) is 0 Å². The number of nitrogens with one attached hydrogen (secondary N) is 1. The van der Waals surface area contributed by atoms with Crippen molar-refractivity contribution in [2.24, 2.45) is 0 Å². The zero-order valence-corrected chi connectivity index (χ0v) is 13.4. The van der Waals surface area contributed by atoms with Gasteiger partial charge in [-0.3, -0.25) is 0 Å². The van der Waals surface area contributed by atoms with Crippen LogP contribution in [0, 0.1) is 0 Å². The van der Waals surface area contributed by atoms with Gasteiger partial charge in [-0.05, 0) is 39.1 Å². The first-order chi connectivity index (χ1) is 8.91. The van der Waals surface area contributed by atoms with E-state index in [1.54, 1.807) is 6.07 Å². The lowest BCUT2D eigenvalue weighted by Gasteiger charge is -2.19. The van der Waals surface area contributed by atoms with Gasteiger partial charge in [0.1, 0.15) is 4.21 Å². The Labute approximate surface area is 120 Å². The molecule has 0 amide bonds. The van der Waals surface area contributed by atoms with Gasteiger partial charge in [0.2, 0.25) is 0 Å². The van der Waals surface area contributed by atoms with Crippen molar-refractivity contribution in [3.63, 3.8) is 0 Å². The fraction of sp³-hybridized carbons (Fsp3) is 0.538. The molecule has 0 aliphatic carbocycles. The van der Waals surface area contributed by atoms with E-state index in [0.29, 0.717) is 17.3 Å². The molecule has 0 unspecified atom stereocenters.